The molecule has 5 nitrogen and oxygen atoms in total. The van der Waals surface area contributed by atoms with E-state index >= 15 is 0 Å². The SMILES string of the molecule is NC(=O)NNC(=O)c1ccc(C(F)(F)F)cc1. The van der Waals surface area contributed by atoms with Gasteiger partial charge in [0.2, 0.25) is 0 Å². The molecule has 0 unspecified atom stereocenters. The minimum Gasteiger partial charge on any atom is -0.350 e. The number of carbonyl (C=O) groups excluding carboxylic acids is 2. The van der Waals surface area contributed by atoms with Crippen LogP contribution < -0.4 is 16.6 Å². The molecule has 1 rings (SSSR count). The number of rotatable bonds is 1. The quantitative estimate of drug-likeness (QED) is 0.647. The van der Waals surface area contributed by atoms with Crippen molar-refractivity contribution in [3.05, 3.63) is 35.4 Å². The van der Waals surface area contributed by atoms with Crippen LogP contribution in [0.2, 0.25) is 0 Å². The second-order valence-electron chi connectivity index (χ2n) is 3.02. The summed E-state index contributed by atoms with van der Waals surface area (Å²) in [6.07, 6.45) is -4.46. The van der Waals surface area contributed by atoms with Crippen LogP contribution in [0.3, 0.4) is 0 Å². The summed E-state index contributed by atoms with van der Waals surface area (Å²) < 4.78 is 36.6. The first-order valence-electron chi connectivity index (χ1n) is 4.34. The summed E-state index contributed by atoms with van der Waals surface area (Å²) in [7, 11) is 0. The molecule has 92 valence electrons. The fourth-order valence-electron chi connectivity index (χ4n) is 1.00. The molecule has 17 heavy (non-hydrogen) atoms. The van der Waals surface area contributed by atoms with Crippen molar-refractivity contribution in [3.63, 3.8) is 0 Å². The molecule has 0 bridgehead atoms. The Hall–Kier alpha value is -2.25. The van der Waals surface area contributed by atoms with Gasteiger partial charge in [0.05, 0.1) is 5.56 Å². The van der Waals surface area contributed by atoms with Crippen LogP contribution in [0, 0.1) is 0 Å². The molecule has 0 aliphatic heterocycles. The normalized spacial score (nSPS) is 10.8. The molecular formula is C9H8F3N3O2. The summed E-state index contributed by atoms with van der Waals surface area (Å²) >= 11 is 0. The van der Waals surface area contributed by atoms with E-state index in [1.54, 1.807) is 5.43 Å². The van der Waals surface area contributed by atoms with Crippen LogP contribution in [-0.2, 0) is 6.18 Å². The fourth-order valence-corrected chi connectivity index (χ4v) is 1.00. The van der Waals surface area contributed by atoms with Gasteiger partial charge in [0.15, 0.2) is 0 Å². The van der Waals surface area contributed by atoms with Gasteiger partial charge in [0.25, 0.3) is 5.91 Å². The van der Waals surface area contributed by atoms with E-state index in [1.165, 1.54) is 0 Å². The minimum absolute atomic E-state index is 0.0354. The molecule has 0 aliphatic rings. The zero-order valence-corrected chi connectivity index (χ0v) is 8.34. The number of alkyl halides is 3. The maximum absolute atomic E-state index is 12.2. The molecular weight excluding hydrogens is 239 g/mol. The summed E-state index contributed by atoms with van der Waals surface area (Å²) in [6.45, 7) is 0. The average molecular weight is 247 g/mol. The van der Waals surface area contributed by atoms with Crippen molar-refractivity contribution in [1.29, 1.82) is 0 Å². The number of halogens is 3. The molecule has 0 atom stereocenters. The van der Waals surface area contributed by atoms with Crippen molar-refractivity contribution < 1.29 is 22.8 Å². The van der Waals surface area contributed by atoms with Gasteiger partial charge in [0, 0.05) is 5.56 Å². The zero-order valence-electron chi connectivity index (χ0n) is 8.34. The molecule has 1 aromatic rings. The molecule has 0 radical (unpaired) electrons. The first-order chi connectivity index (χ1) is 7.80. The summed E-state index contributed by atoms with van der Waals surface area (Å²) in [5.74, 6) is -0.766. The van der Waals surface area contributed by atoms with E-state index < -0.39 is 23.7 Å². The van der Waals surface area contributed by atoms with Crippen molar-refractivity contribution in [2.75, 3.05) is 0 Å². The Balaban J connectivity index is 2.74. The molecule has 0 saturated heterocycles. The molecule has 4 N–H and O–H groups in total. The fraction of sp³-hybridized carbons (Fsp3) is 0.111. The van der Waals surface area contributed by atoms with E-state index in [1.807, 2.05) is 5.43 Å². The first-order valence-corrected chi connectivity index (χ1v) is 4.34. The summed E-state index contributed by atoms with van der Waals surface area (Å²) in [5.41, 5.74) is 7.50. The second-order valence-corrected chi connectivity index (χ2v) is 3.02. The van der Waals surface area contributed by atoms with Gasteiger partial charge in [-0.25, -0.2) is 10.2 Å². The minimum atomic E-state index is -4.46. The highest BCUT2D eigenvalue weighted by molar-refractivity contribution is 5.95. The monoisotopic (exact) mass is 247 g/mol. The standard InChI is InChI=1S/C9H8F3N3O2/c10-9(11,12)6-3-1-5(2-4-6)7(16)14-15-8(13)17/h1-4H,(H,14,16)(H3,13,15,17). The number of amides is 3. The lowest BCUT2D eigenvalue weighted by atomic mass is 10.1. The number of hydrogen-bond donors (Lipinski definition) is 3. The van der Waals surface area contributed by atoms with Crippen LogP contribution in [0.15, 0.2) is 24.3 Å². The van der Waals surface area contributed by atoms with E-state index in [-0.39, 0.29) is 5.56 Å². The van der Waals surface area contributed by atoms with Gasteiger partial charge >= 0.3 is 12.2 Å². The zero-order chi connectivity index (χ0) is 13.1. The van der Waals surface area contributed by atoms with Crippen molar-refractivity contribution in [2.45, 2.75) is 6.18 Å². The van der Waals surface area contributed by atoms with Gasteiger partial charge in [-0.05, 0) is 24.3 Å². The first kappa shape index (κ1) is 12.8. The summed E-state index contributed by atoms with van der Waals surface area (Å²) in [5, 5.41) is 0. The van der Waals surface area contributed by atoms with Crippen LogP contribution in [-0.4, -0.2) is 11.9 Å². The molecule has 0 saturated carbocycles. The van der Waals surface area contributed by atoms with Crippen LogP contribution in [0.4, 0.5) is 18.0 Å². The summed E-state index contributed by atoms with van der Waals surface area (Å²) in [6, 6.07) is 2.52. The molecule has 0 aliphatic carbocycles. The van der Waals surface area contributed by atoms with Gasteiger partial charge in [0.1, 0.15) is 0 Å². The Bertz CT molecular complexity index is 428. The van der Waals surface area contributed by atoms with E-state index in [2.05, 4.69) is 5.73 Å². The molecule has 0 fully saturated rings. The molecule has 1 aromatic carbocycles. The third-order valence-corrected chi connectivity index (χ3v) is 1.77. The van der Waals surface area contributed by atoms with Gasteiger partial charge in [-0.1, -0.05) is 0 Å². The molecule has 0 heterocycles. The number of nitrogens with one attached hydrogen (secondary N) is 2. The van der Waals surface area contributed by atoms with E-state index in [0.717, 1.165) is 24.3 Å². The van der Waals surface area contributed by atoms with E-state index in [9.17, 15) is 22.8 Å². The Morgan fingerprint density at radius 2 is 1.59 bits per heavy atom. The smallest absolute Gasteiger partial charge is 0.350 e. The van der Waals surface area contributed by atoms with Crippen molar-refractivity contribution in [1.82, 2.24) is 10.9 Å². The van der Waals surface area contributed by atoms with Crippen molar-refractivity contribution >= 4 is 11.9 Å². The highest BCUT2D eigenvalue weighted by Crippen LogP contribution is 2.28. The Morgan fingerprint density at radius 3 is 2.00 bits per heavy atom. The number of carbonyl (C=O) groups is 2. The molecule has 3 amide bonds. The number of urea groups is 1. The number of hydrazine groups is 1. The topological polar surface area (TPSA) is 84.2 Å². The number of hydrogen-bond acceptors (Lipinski definition) is 2. The van der Waals surface area contributed by atoms with Crippen LogP contribution >= 0.6 is 0 Å². The predicted octanol–water partition coefficient (Wildman–Crippen LogP) is 1.02. The molecule has 0 aromatic heterocycles. The van der Waals surface area contributed by atoms with Crippen molar-refractivity contribution in [2.24, 2.45) is 5.73 Å². The van der Waals surface area contributed by atoms with Crippen LogP contribution in [0.5, 0.6) is 0 Å². The van der Waals surface area contributed by atoms with Gasteiger partial charge in [-0.2, -0.15) is 13.2 Å². The third-order valence-electron chi connectivity index (χ3n) is 1.77. The predicted molar refractivity (Wildman–Crippen MR) is 51.6 cm³/mol. The average Bonchev–Trinajstić information content (AvgIpc) is 2.25. The van der Waals surface area contributed by atoms with E-state index in [0.29, 0.717) is 0 Å². The number of nitrogens with two attached hydrogens (primary N) is 1. The van der Waals surface area contributed by atoms with Gasteiger partial charge < -0.3 is 5.73 Å². The highest BCUT2D eigenvalue weighted by atomic mass is 19.4. The lowest BCUT2D eigenvalue weighted by Gasteiger charge is -2.08. The number of primary amides is 1. The molecule has 0 spiro atoms. The summed E-state index contributed by atoms with van der Waals surface area (Å²) in [4.78, 5) is 21.5. The maximum Gasteiger partial charge on any atom is 0.416 e. The van der Waals surface area contributed by atoms with Gasteiger partial charge in [-0.3, -0.25) is 10.2 Å². The lowest BCUT2D eigenvalue weighted by Crippen LogP contribution is -2.44. The van der Waals surface area contributed by atoms with Crippen molar-refractivity contribution in [3.8, 4) is 0 Å². The lowest BCUT2D eigenvalue weighted by molar-refractivity contribution is -0.137. The maximum atomic E-state index is 12.2. The largest absolute Gasteiger partial charge is 0.416 e. The third kappa shape index (κ3) is 3.67. The molecule has 8 heteroatoms. The Morgan fingerprint density at radius 1 is 1.06 bits per heavy atom. The van der Waals surface area contributed by atoms with Gasteiger partial charge in [-0.15, -0.1) is 0 Å². The Kier molecular flexibility index (Phi) is 3.56. The highest BCUT2D eigenvalue weighted by Gasteiger charge is 2.30. The number of benzene rings is 1. The van der Waals surface area contributed by atoms with Crippen LogP contribution in [0.25, 0.3) is 0 Å². The van der Waals surface area contributed by atoms with Crippen LogP contribution in [0.1, 0.15) is 15.9 Å². The van der Waals surface area contributed by atoms with E-state index in [4.69, 9.17) is 0 Å². The second kappa shape index (κ2) is 4.73. The Labute approximate surface area is 93.8 Å².